The van der Waals surface area contributed by atoms with Gasteiger partial charge in [-0.05, 0) is 23.6 Å². The minimum Gasteiger partial charge on any atom is -0.192 e. The van der Waals surface area contributed by atoms with E-state index in [0.717, 1.165) is 12.0 Å². The Morgan fingerprint density at radius 2 is 1.81 bits per heavy atom. The van der Waals surface area contributed by atoms with E-state index in [1.165, 1.54) is 5.56 Å². The Morgan fingerprint density at radius 3 is 2.25 bits per heavy atom. The van der Waals surface area contributed by atoms with Crippen LogP contribution >= 0.6 is 0 Å². The third kappa shape index (κ3) is 2.97. The van der Waals surface area contributed by atoms with Crippen LogP contribution in [0.15, 0.2) is 35.9 Å². The zero-order chi connectivity index (χ0) is 12.0. The van der Waals surface area contributed by atoms with Crippen molar-refractivity contribution in [3.05, 3.63) is 47.0 Å². The molecule has 1 aromatic carbocycles. The van der Waals surface area contributed by atoms with E-state index in [-0.39, 0.29) is 11.5 Å². The molecule has 1 aromatic rings. The topological polar surface area (TPSA) is 47.6 Å². The Labute approximate surface area is 96.4 Å². The lowest BCUT2D eigenvalue weighted by molar-refractivity contribution is 0.958. The van der Waals surface area contributed by atoms with Crippen LogP contribution in [0.5, 0.6) is 0 Å². The molecule has 1 unspecified atom stereocenters. The van der Waals surface area contributed by atoms with Crippen molar-refractivity contribution in [3.8, 4) is 12.1 Å². The standard InChI is InChI=1S/C14H14N2/c1-3-12-4-6-14(7-5-12)11(2)8-13(9-15)10-16/h4-8,11H,3H2,1-2H3. The lowest BCUT2D eigenvalue weighted by atomic mass is 9.97. The zero-order valence-corrected chi connectivity index (χ0v) is 9.57. The first-order chi connectivity index (χ1) is 7.71. The van der Waals surface area contributed by atoms with Crippen LogP contribution in [0, 0.1) is 22.7 Å². The summed E-state index contributed by atoms with van der Waals surface area (Å²) in [4.78, 5) is 0. The summed E-state index contributed by atoms with van der Waals surface area (Å²) in [5.41, 5.74) is 2.59. The number of hydrogen-bond acceptors (Lipinski definition) is 2. The van der Waals surface area contributed by atoms with Gasteiger partial charge in [0, 0.05) is 5.92 Å². The molecule has 0 saturated carbocycles. The fourth-order valence-corrected chi connectivity index (χ4v) is 1.50. The summed E-state index contributed by atoms with van der Waals surface area (Å²) < 4.78 is 0. The van der Waals surface area contributed by atoms with Crippen LogP contribution in [-0.4, -0.2) is 0 Å². The number of allylic oxidation sites excluding steroid dienone is 2. The van der Waals surface area contributed by atoms with Gasteiger partial charge >= 0.3 is 0 Å². The predicted octanol–water partition coefficient (Wildman–Crippen LogP) is 3.33. The van der Waals surface area contributed by atoms with Crippen molar-refractivity contribution in [1.29, 1.82) is 10.5 Å². The molecule has 0 saturated heterocycles. The molecular formula is C14H14N2. The number of nitriles is 2. The molecule has 0 fully saturated rings. The minimum atomic E-state index is 0.0974. The molecule has 0 aliphatic carbocycles. The van der Waals surface area contributed by atoms with Crippen LogP contribution in [0.3, 0.4) is 0 Å². The average molecular weight is 210 g/mol. The van der Waals surface area contributed by atoms with Gasteiger partial charge in [0.05, 0.1) is 0 Å². The predicted molar refractivity (Wildman–Crippen MR) is 63.5 cm³/mol. The Balaban J connectivity index is 2.90. The summed E-state index contributed by atoms with van der Waals surface area (Å²) in [6, 6.07) is 12.0. The number of benzene rings is 1. The first-order valence-electron chi connectivity index (χ1n) is 5.32. The van der Waals surface area contributed by atoms with Gasteiger partial charge in [0.1, 0.15) is 17.7 Å². The van der Waals surface area contributed by atoms with Crippen molar-refractivity contribution in [2.45, 2.75) is 26.2 Å². The average Bonchev–Trinajstić information content (AvgIpc) is 2.35. The first kappa shape index (κ1) is 12.0. The summed E-state index contributed by atoms with van der Waals surface area (Å²) in [5, 5.41) is 17.3. The van der Waals surface area contributed by atoms with Crippen LogP contribution in [0.25, 0.3) is 0 Å². The third-order valence-corrected chi connectivity index (χ3v) is 2.57. The number of rotatable bonds is 3. The van der Waals surface area contributed by atoms with E-state index in [2.05, 4.69) is 19.1 Å². The fraction of sp³-hybridized carbons (Fsp3) is 0.286. The van der Waals surface area contributed by atoms with Gasteiger partial charge in [0.2, 0.25) is 0 Å². The maximum Gasteiger partial charge on any atom is 0.126 e. The maximum absolute atomic E-state index is 8.66. The Hall–Kier alpha value is -2.06. The lowest BCUT2D eigenvalue weighted by Gasteiger charge is -2.07. The van der Waals surface area contributed by atoms with Gasteiger partial charge in [-0.1, -0.05) is 38.1 Å². The highest BCUT2D eigenvalue weighted by molar-refractivity contribution is 5.39. The van der Waals surface area contributed by atoms with Gasteiger partial charge < -0.3 is 0 Å². The smallest absolute Gasteiger partial charge is 0.126 e. The highest BCUT2D eigenvalue weighted by atomic mass is 14.3. The second kappa shape index (κ2) is 5.73. The Kier molecular flexibility index (Phi) is 4.30. The van der Waals surface area contributed by atoms with E-state index >= 15 is 0 Å². The van der Waals surface area contributed by atoms with E-state index in [1.54, 1.807) is 6.08 Å². The van der Waals surface area contributed by atoms with Crippen LogP contribution in [0.4, 0.5) is 0 Å². The van der Waals surface area contributed by atoms with Crippen LogP contribution in [-0.2, 0) is 6.42 Å². The van der Waals surface area contributed by atoms with Gasteiger partial charge in [-0.15, -0.1) is 0 Å². The van der Waals surface area contributed by atoms with Crippen molar-refractivity contribution in [2.75, 3.05) is 0 Å². The molecule has 0 spiro atoms. The Morgan fingerprint density at radius 1 is 1.25 bits per heavy atom. The molecule has 0 bridgehead atoms. The highest BCUT2D eigenvalue weighted by Crippen LogP contribution is 2.18. The summed E-state index contributed by atoms with van der Waals surface area (Å²) in [6.07, 6.45) is 2.72. The quantitative estimate of drug-likeness (QED) is 0.718. The van der Waals surface area contributed by atoms with Gasteiger partial charge in [-0.2, -0.15) is 10.5 Å². The normalized spacial score (nSPS) is 11.0. The number of nitrogens with zero attached hydrogens (tertiary/aromatic N) is 2. The van der Waals surface area contributed by atoms with E-state index < -0.39 is 0 Å². The molecule has 2 heteroatoms. The fourth-order valence-electron chi connectivity index (χ4n) is 1.50. The SMILES string of the molecule is CCc1ccc(C(C)C=C(C#N)C#N)cc1. The summed E-state index contributed by atoms with van der Waals surface area (Å²) >= 11 is 0. The van der Waals surface area contributed by atoms with E-state index in [1.807, 2.05) is 31.2 Å². The van der Waals surface area contributed by atoms with Crippen LogP contribution in [0.2, 0.25) is 0 Å². The highest BCUT2D eigenvalue weighted by Gasteiger charge is 2.04. The van der Waals surface area contributed by atoms with E-state index in [0.29, 0.717) is 0 Å². The number of hydrogen-bond donors (Lipinski definition) is 0. The molecule has 16 heavy (non-hydrogen) atoms. The van der Waals surface area contributed by atoms with E-state index in [9.17, 15) is 0 Å². The summed E-state index contributed by atoms with van der Waals surface area (Å²) in [5.74, 6) is 0.0974. The Bertz CT molecular complexity index is 439. The van der Waals surface area contributed by atoms with Crippen molar-refractivity contribution >= 4 is 0 Å². The zero-order valence-electron chi connectivity index (χ0n) is 9.57. The third-order valence-electron chi connectivity index (χ3n) is 2.57. The van der Waals surface area contributed by atoms with Crippen LogP contribution < -0.4 is 0 Å². The first-order valence-corrected chi connectivity index (χ1v) is 5.32. The largest absolute Gasteiger partial charge is 0.192 e. The molecule has 0 N–H and O–H groups in total. The number of aryl methyl sites for hydroxylation is 1. The van der Waals surface area contributed by atoms with Gasteiger partial charge in [0.15, 0.2) is 0 Å². The molecule has 0 amide bonds. The molecule has 0 radical (unpaired) electrons. The summed E-state index contributed by atoms with van der Waals surface area (Å²) in [6.45, 7) is 4.09. The molecule has 80 valence electrons. The second-order valence-electron chi connectivity index (χ2n) is 3.69. The molecule has 0 aromatic heterocycles. The molecular weight excluding hydrogens is 196 g/mol. The van der Waals surface area contributed by atoms with E-state index in [4.69, 9.17) is 10.5 Å². The van der Waals surface area contributed by atoms with Gasteiger partial charge in [-0.25, -0.2) is 0 Å². The molecule has 1 rings (SSSR count). The maximum atomic E-state index is 8.66. The molecule has 2 nitrogen and oxygen atoms in total. The lowest BCUT2D eigenvalue weighted by Crippen LogP contribution is -1.91. The van der Waals surface area contributed by atoms with Gasteiger partial charge in [-0.3, -0.25) is 0 Å². The molecule has 0 heterocycles. The van der Waals surface area contributed by atoms with Crippen molar-refractivity contribution in [2.24, 2.45) is 0 Å². The minimum absolute atomic E-state index is 0.0974. The second-order valence-corrected chi connectivity index (χ2v) is 3.69. The monoisotopic (exact) mass is 210 g/mol. The summed E-state index contributed by atoms with van der Waals surface area (Å²) in [7, 11) is 0. The van der Waals surface area contributed by atoms with Crippen molar-refractivity contribution in [3.63, 3.8) is 0 Å². The van der Waals surface area contributed by atoms with Crippen molar-refractivity contribution < 1.29 is 0 Å². The molecule has 0 aliphatic heterocycles. The van der Waals surface area contributed by atoms with Gasteiger partial charge in [0.25, 0.3) is 0 Å². The van der Waals surface area contributed by atoms with Crippen molar-refractivity contribution in [1.82, 2.24) is 0 Å². The van der Waals surface area contributed by atoms with Crippen LogP contribution in [0.1, 0.15) is 30.9 Å². The molecule has 0 aliphatic rings. The molecule has 1 atom stereocenters.